The number of benzene rings is 1. The lowest BCUT2D eigenvalue weighted by Gasteiger charge is -2.35. The Labute approximate surface area is 217 Å². The molecule has 3 aromatic heterocycles. The average Bonchev–Trinajstić information content (AvgIpc) is 3.55. The largest absolute Gasteiger partial charge is 0.382 e. The highest BCUT2D eigenvalue weighted by Crippen LogP contribution is 2.34. The molecule has 0 amide bonds. The highest BCUT2D eigenvalue weighted by molar-refractivity contribution is 5.94. The SMILES string of the molecule is CC(C)N1CCC(Nc2ccc(CC3=CNC(C=O)c4cc(-c5c[nH]c6ncccc56)cn43)cc2)CC1. The van der Waals surface area contributed by atoms with Crippen LogP contribution in [0.2, 0.25) is 0 Å². The van der Waals surface area contributed by atoms with Gasteiger partial charge in [0.15, 0.2) is 0 Å². The number of likely N-dealkylation sites (tertiary alicyclic amines) is 1. The molecule has 0 saturated carbocycles. The van der Waals surface area contributed by atoms with E-state index in [9.17, 15) is 4.79 Å². The topological polar surface area (TPSA) is 78.0 Å². The van der Waals surface area contributed by atoms with Gasteiger partial charge in [0.2, 0.25) is 0 Å². The fraction of sp³-hybridized carbons (Fsp3) is 0.333. The first-order valence-electron chi connectivity index (χ1n) is 13.2. The zero-order chi connectivity index (χ0) is 25.4. The lowest BCUT2D eigenvalue weighted by Crippen LogP contribution is -2.42. The van der Waals surface area contributed by atoms with Crippen molar-refractivity contribution >= 4 is 28.7 Å². The van der Waals surface area contributed by atoms with Gasteiger partial charge in [-0.15, -0.1) is 0 Å². The summed E-state index contributed by atoms with van der Waals surface area (Å²) in [5.41, 5.74) is 7.49. The minimum absolute atomic E-state index is 0.366. The number of hydrogen-bond acceptors (Lipinski definition) is 5. The molecule has 1 fully saturated rings. The Kier molecular flexibility index (Phi) is 6.30. The van der Waals surface area contributed by atoms with Crippen LogP contribution >= 0.6 is 0 Å². The molecule has 1 aromatic carbocycles. The second kappa shape index (κ2) is 9.90. The van der Waals surface area contributed by atoms with E-state index in [0.717, 1.165) is 59.3 Å². The normalized spacial score (nSPS) is 18.5. The van der Waals surface area contributed by atoms with Crippen LogP contribution in [0.25, 0.3) is 27.9 Å². The maximum Gasteiger partial charge on any atom is 0.148 e. The molecule has 2 aliphatic heterocycles. The molecule has 4 aromatic rings. The molecule has 5 heterocycles. The van der Waals surface area contributed by atoms with Crippen LogP contribution in [0.1, 0.15) is 44.0 Å². The number of carbonyl (C=O) groups excluding carboxylic acids is 1. The Morgan fingerprint density at radius 1 is 1.16 bits per heavy atom. The van der Waals surface area contributed by atoms with E-state index in [1.54, 1.807) is 6.20 Å². The molecule has 190 valence electrons. The number of aromatic amines is 1. The van der Waals surface area contributed by atoms with Crippen molar-refractivity contribution in [1.82, 2.24) is 24.8 Å². The third-order valence-electron chi connectivity index (χ3n) is 7.78. The smallest absolute Gasteiger partial charge is 0.148 e. The zero-order valence-electron chi connectivity index (χ0n) is 21.4. The maximum absolute atomic E-state index is 11.8. The molecular formula is C30H34N6O. The quantitative estimate of drug-likeness (QED) is 0.308. The third-order valence-corrected chi connectivity index (χ3v) is 7.78. The number of anilines is 1. The Morgan fingerprint density at radius 3 is 2.73 bits per heavy atom. The number of fused-ring (bicyclic) bond motifs is 2. The van der Waals surface area contributed by atoms with Crippen molar-refractivity contribution in [1.29, 1.82) is 0 Å². The molecule has 7 nitrogen and oxygen atoms in total. The maximum atomic E-state index is 11.8. The van der Waals surface area contributed by atoms with Gasteiger partial charge in [-0.1, -0.05) is 12.1 Å². The Bertz CT molecular complexity index is 1420. The predicted molar refractivity (Wildman–Crippen MR) is 149 cm³/mol. The molecule has 3 N–H and O–H groups in total. The fourth-order valence-corrected chi connectivity index (χ4v) is 5.62. The van der Waals surface area contributed by atoms with E-state index in [4.69, 9.17) is 0 Å². The average molecular weight is 495 g/mol. The second-order valence-corrected chi connectivity index (χ2v) is 10.5. The summed E-state index contributed by atoms with van der Waals surface area (Å²) >= 11 is 0. The fourth-order valence-electron chi connectivity index (χ4n) is 5.62. The van der Waals surface area contributed by atoms with Gasteiger partial charge in [0.25, 0.3) is 0 Å². The van der Waals surface area contributed by atoms with Crippen LogP contribution in [-0.4, -0.2) is 50.9 Å². The first kappa shape index (κ1) is 23.6. The van der Waals surface area contributed by atoms with Crippen molar-refractivity contribution in [3.8, 4) is 11.1 Å². The van der Waals surface area contributed by atoms with Gasteiger partial charge in [-0.2, -0.15) is 0 Å². The summed E-state index contributed by atoms with van der Waals surface area (Å²) in [5, 5.41) is 8.08. The van der Waals surface area contributed by atoms with Crippen molar-refractivity contribution in [2.45, 2.75) is 51.2 Å². The number of pyridine rings is 1. The van der Waals surface area contributed by atoms with Crippen molar-refractivity contribution in [3.05, 3.63) is 78.5 Å². The van der Waals surface area contributed by atoms with Gasteiger partial charge < -0.3 is 29.9 Å². The summed E-state index contributed by atoms with van der Waals surface area (Å²) in [4.78, 5) is 22.0. The highest BCUT2D eigenvalue weighted by Gasteiger charge is 2.24. The zero-order valence-corrected chi connectivity index (χ0v) is 21.4. The van der Waals surface area contributed by atoms with E-state index >= 15 is 0 Å². The second-order valence-electron chi connectivity index (χ2n) is 10.5. The molecule has 1 atom stereocenters. The summed E-state index contributed by atoms with van der Waals surface area (Å²) in [7, 11) is 0. The minimum Gasteiger partial charge on any atom is -0.382 e. The van der Waals surface area contributed by atoms with Crippen LogP contribution in [0.15, 0.2) is 67.3 Å². The molecule has 37 heavy (non-hydrogen) atoms. The molecular weight excluding hydrogens is 460 g/mol. The molecule has 0 bridgehead atoms. The molecule has 2 aliphatic rings. The van der Waals surface area contributed by atoms with Crippen molar-refractivity contribution in [2.75, 3.05) is 18.4 Å². The van der Waals surface area contributed by atoms with Crippen LogP contribution < -0.4 is 10.6 Å². The number of allylic oxidation sites excluding steroid dienone is 1. The Hall–Kier alpha value is -3.84. The van der Waals surface area contributed by atoms with Crippen molar-refractivity contribution < 1.29 is 4.79 Å². The summed E-state index contributed by atoms with van der Waals surface area (Å²) in [6.07, 6.45) is 12.0. The number of rotatable bonds is 7. The Balaban J connectivity index is 1.18. The van der Waals surface area contributed by atoms with Gasteiger partial charge in [0.1, 0.15) is 18.0 Å². The molecule has 6 rings (SSSR count). The third kappa shape index (κ3) is 4.67. The summed E-state index contributed by atoms with van der Waals surface area (Å²) in [5.74, 6) is 0. The lowest BCUT2D eigenvalue weighted by atomic mass is 10.0. The molecule has 0 spiro atoms. The number of nitrogens with zero attached hydrogens (tertiary/aromatic N) is 3. The van der Waals surface area contributed by atoms with Crippen LogP contribution in [0.4, 0.5) is 5.69 Å². The Morgan fingerprint density at radius 2 is 1.97 bits per heavy atom. The monoisotopic (exact) mass is 494 g/mol. The van der Waals surface area contributed by atoms with Gasteiger partial charge >= 0.3 is 0 Å². The van der Waals surface area contributed by atoms with Gasteiger partial charge in [0, 0.05) is 84.3 Å². The minimum atomic E-state index is -0.366. The number of nitrogens with one attached hydrogen (secondary N) is 3. The van der Waals surface area contributed by atoms with E-state index in [-0.39, 0.29) is 6.04 Å². The molecule has 7 heteroatoms. The summed E-state index contributed by atoms with van der Waals surface area (Å²) in [6, 6.07) is 15.7. The van der Waals surface area contributed by atoms with Crippen LogP contribution in [-0.2, 0) is 11.2 Å². The predicted octanol–water partition coefficient (Wildman–Crippen LogP) is 5.20. The van der Waals surface area contributed by atoms with Crippen LogP contribution in [0.5, 0.6) is 0 Å². The van der Waals surface area contributed by atoms with Crippen LogP contribution in [0, 0.1) is 0 Å². The number of H-pyrrole nitrogens is 1. The highest BCUT2D eigenvalue weighted by atomic mass is 16.1. The lowest BCUT2D eigenvalue weighted by molar-refractivity contribution is -0.109. The van der Waals surface area contributed by atoms with Gasteiger partial charge in [-0.05, 0) is 62.6 Å². The molecule has 1 saturated heterocycles. The van der Waals surface area contributed by atoms with E-state index in [2.05, 4.69) is 86.5 Å². The number of hydrogen-bond donors (Lipinski definition) is 3. The van der Waals surface area contributed by atoms with Gasteiger partial charge in [0.05, 0.1) is 5.69 Å². The molecule has 0 aliphatic carbocycles. The standard InChI is InChI=1S/C30H34N6O/c1-20(2)35-12-9-24(10-13-35)34-23-7-5-21(6-8-23)14-25-16-32-28(19-37)29-15-22(18-36(25)29)27-17-33-30-26(27)4-3-11-31-30/h3-8,11,15-20,24,28,32,34H,9-10,12-14H2,1-2H3,(H,31,33). The number of aldehydes is 1. The number of carbonyl (C=O) groups is 1. The van der Waals surface area contributed by atoms with E-state index in [1.165, 1.54) is 24.1 Å². The first-order chi connectivity index (χ1) is 18.1. The summed E-state index contributed by atoms with van der Waals surface area (Å²) < 4.78 is 2.16. The van der Waals surface area contributed by atoms with E-state index in [0.29, 0.717) is 12.1 Å². The van der Waals surface area contributed by atoms with Crippen molar-refractivity contribution in [2.24, 2.45) is 0 Å². The van der Waals surface area contributed by atoms with Crippen molar-refractivity contribution in [3.63, 3.8) is 0 Å². The van der Waals surface area contributed by atoms with Gasteiger partial charge in [-0.3, -0.25) is 0 Å². The summed E-state index contributed by atoms with van der Waals surface area (Å²) in [6.45, 7) is 6.87. The van der Waals surface area contributed by atoms with Crippen LogP contribution in [0.3, 0.4) is 0 Å². The first-order valence-corrected chi connectivity index (χ1v) is 13.2. The van der Waals surface area contributed by atoms with Gasteiger partial charge in [-0.25, -0.2) is 4.98 Å². The van der Waals surface area contributed by atoms with E-state index in [1.807, 2.05) is 18.5 Å². The number of piperidine rings is 1. The van der Waals surface area contributed by atoms with E-state index < -0.39 is 0 Å². The molecule has 1 unspecified atom stereocenters. The number of aromatic nitrogens is 3. The molecule has 0 radical (unpaired) electrons.